The lowest BCUT2D eigenvalue weighted by molar-refractivity contribution is 0.102. The van der Waals surface area contributed by atoms with E-state index in [9.17, 15) is 13.2 Å². The van der Waals surface area contributed by atoms with Gasteiger partial charge in [-0.1, -0.05) is 35.3 Å². The van der Waals surface area contributed by atoms with Gasteiger partial charge in [-0.05, 0) is 55.5 Å². The fourth-order valence-electron chi connectivity index (χ4n) is 3.04. The Kier molecular flexibility index (Phi) is 7.66. The molecule has 0 spiro atoms. The van der Waals surface area contributed by atoms with E-state index in [1.165, 1.54) is 4.31 Å². The first-order valence-corrected chi connectivity index (χ1v) is 12.3. The Hall–Kier alpha value is -2.74. The van der Waals surface area contributed by atoms with E-state index >= 15 is 0 Å². The fourth-order valence-corrected chi connectivity index (χ4v) is 4.42. The van der Waals surface area contributed by atoms with E-state index in [0.29, 0.717) is 44.9 Å². The van der Waals surface area contributed by atoms with Crippen LogP contribution in [0.15, 0.2) is 66.7 Å². The number of hydrogen-bond donors (Lipinski definition) is 1. The minimum Gasteiger partial charge on any atom is -0.494 e. The minimum atomic E-state index is -3.64. The Morgan fingerprint density at radius 2 is 1.62 bits per heavy atom. The van der Waals surface area contributed by atoms with Crippen LogP contribution in [-0.2, 0) is 16.6 Å². The van der Waals surface area contributed by atoms with Crippen molar-refractivity contribution >= 4 is 50.5 Å². The molecule has 0 saturated heterocycles. The van der Waals surface area contributed by atoms with E-state index in [1.807, 2.05) is 6.92 Å². The van der Waals surface area contributed by atoms with Crippen molar-refractivity contribution in [2.75, 3.05) is 22.5 Å². The molecule has 6 nitrogen and oxygen atoms in total. The topological polar surface area (TPSA) is 75.7 Å². The molecular weight excluding hydrogens is 471 g/mol. The number of anilines is 2. The van der Waals surface area contributed by atoms with Gasteiger partial charge in [0.05, 0.1) is 25.1 Å². The summed E-state index contributed by atoms with van der Waals surface area (Å²) in [7, 11) is -3.64. The van der Waals surface area contributed by atoms with Gasteiger partial charge >= 0.3 is 0 Å². The molecule has 0 aromatic heterocycles. The second-order valence-electron chi connectivity index (χ2n) is 6.93. The number of carbonyl (C=O) groups is 1. The van der Waals surface area contributed by atoms with Crippen LogP contribution in [0.3, 0.4) is 0 Å². The number of nitrogens with zero attached hydrogens (tertiary/aromatic N) is 1. The second kappa shape index (κ2) is 10.3. The lowest BCUT2D eigenvalue weighted by Crippen LogP contribution is -2.29. The maximum absolute atomic E-state index is 12.6. The normalized spacial score (nSPS) is 11.1. The maximum atomic E-state index is 12.6. The predicted molar refractivity (Wildman–Crippen MR) is 129 cm³/mol. The first kappa shape index (κ1) is 23.9. The summed E-state index contributed by atoms with van der Waals surface area (Å²) in [6.45, 7) is 2.37. The number of hydrogen-bond acceptors (Lipinski definition) is 4. The van der Waals surface area contributed by atoms with Gasteiger partial charge in [-0.3, -0.25) is 9.10 Å². The molecule has 0 bridgehead atoms. The molecule has 168 valence electrons. The van der Waals surface area contributed by atoms with Crippen LogP contribution in [0.2, 0.25) is 10.0 Å². The smallest absolute Gasteiger partial charge is 0.255 e. The number of nitrogens with one attached hydrogen (secondary N) is 1. The van der Waals surface area contributed by atoms with Crippen LogP contribution in [0.5, 0.6) is 5.75 Å². The molecule has 32 heavy (non-hydrogen) atoms. The molecule has 0 aliphatic heterocycles. The van der Waals surface area contributed by atoms with Gasteiger partial charge in [0, 0.05) is 32.9 Å². The van der Waals surface area contributed by atoms with E-state index in [1.54, 1.807) is 66.7 Å². The molecule has 9 heteroatoms. The first-order valence-electron chi connectivity index (χ1n) is 9.74. The van der Waals surface area contributed by atoms with Crippen molar-refractivity contribution in [1.82, 2.24) is 0 Å². The van der Waals surface area contributed by atoms with Crippen molar-refractivity contribution in [3.63, 3.8) is 0 Å². The summed E-state index contributed by atoms with van der Waals surface area (Å²) in [6.07, 6.45) is 1.10. The molecule has 0 heterocycles. The summed E-state index contributed by atoms with van der Waals surface area (Å²) in [6, 6.07) is 18.3. The summed E-state index contributed by atoms with van der Waals surface area (Å²) >= 11 is 12.4. The highest BCUT2D eigenvalue weighted by molar-refractivity contribution is 7.92. The van der Waals surface area contributed by atoms with Crippen LogP contribution in [0.1, 0.15) is 22.8 Å². The monoisotopic (exact) mass is 492 g/mol. The fraction of sp³-hybridized carbons (Fsp3) is 0.174. The Balaban J connectivity index is 1.81. The van der Waals surface area contributed by atoms with Crippen LogP contribution in [0, 0.1) is 0 Å². The van der Waals surface area contributed by atoms with Gasteiger partial charge in [-0.25, -0.2) is 8.42 Å². The highest BCUT2D eigenvalue weighted by Gasteiger charge is 2.21. The molecule has 3 aromatic rings. The largest absolute Gasteiger partial charge is 0.494 e. The molecule has 0 unspecified atom stereocenters. The summed E-state index contributed by atoms with van der Waals surface area (Å²) in [5, 5.41) is 3.55. The van der Waals surface area contributed by atoms with Gasteiger partial charge in [-0.2, -0.15) is 0 Å². The summed E-state index contributed by atoms with van der Waals surface area (Å²) in [4.78, 5) is 12.6. The van der Waals surface area contributed by atoms with Crippen LogP contribution < -0.4 is 14.4 Å². The van der Waals surface area contributed by atoms with Gasteiger partial charge in [0.25, 0.3) is 5.91 Å². The summed E-state index contributed by atoms with van der Waals surface area (Å²) in [5.74, 6) is 0.327. The van der Waals surface area contributed by atoms with Gasteiger partial charge in [-0.15, -0.1) is 0 Å². The molecular formula is C23H22Cl2N2O4S. The van der Waals surface area contributed by atoms with Crippen molar-refractivity contribution in [3.8, 4) is 5.75 Å². The number of benzene rings is 3. The van der Waals surface area contributed by atoms with E-state index in [0.717, 1.165) is 6.26 Å². The maximum Gasteiger partial charge on any atom is 0.255 e. The number of ether oxygens (including phenoxy) is 1. The number of halogens is 2. The molecule has 0 fully saturated rings. The molecule has 0 aliphatic rings. The summed E-state index contributed by atoms with van der Waals surface area (Å²) in [5.41, 5.74) is 1.85. The lowest BCUT2D eigenvalue weighted by atomic mass is 10.1. The Bertz CT molecular complexity index is 1190. The van der Waals surface area contributed by atoms with Gasteiger partial charge in [0.2, 0.25) is 10.0 Å². The van der Waals surface area contributed by atoms with Crippen molar-refractivity contribution in [1.29, 1.82) is 0 Å². The van der Waals surface area contributed by atoms with Crippen molar-refractivity contribution < 1.29 is 17.9 Å². The highest BCUT2D eigenvalue weighted by Crippen LogP contribution is 2.29. The average Bonchev–Trinajstić information content (AvgIpc) is 2.73. The zero-order valence-electron chi connectivity index (χ0n) is 17.5. The third kappa shape index (κ3) is 5.94. The van der Waals surface area contributed by atoms with Crippen molar-refractivity contribution in [2.45, 2.75) is 13.5 Å². The number of sulfonamides is 1. The third-order valence-corrected chi connectivity index (χ3v) is 6.43. The second-order valence-corrected chi connectivity index (χ2v) is 9.65. The number of amides is 1. The third-order valence-electron chi connectivity index (χ3n) is 4.58. The van der Waals surface area contributed by atoms with Crippen molar-refractivity contribution in [2.24, 2.45) is 0 Å². The molecule has 0 saturated carbocycles. The van der Waals surface area contributed by atoms with Gasteiger partial charge < -0.3 is 10.1 Å². The van der Waals surface area contributed by atoms with E-state index in [4.69, 9.17) is 27.9 Å². The average molecular weight is 493 g/mol. The minimum absolute atomic E-state index is 0.0346. The number of rotatable bonds is 8. The Labute approximate surface area is 197 Å². The van der Waals surface area contributed by atoms with E-state index in [2.05, 4.69) is 5.32 Å². The zero-order valence-corrected chi connectivity index (χ0v) is 19.8. The van der Waals surface area contributed by atoms with Crippen LogP contribution in [-0.4, -0.2) is 27.2 Å². The SMILES string of the molecule is CCOc1cccc(NC(=O)c2ccc(N(Cc3c(Cl)cccc3Cl)S(C)(=O)=O)cc2)c1. The molecule has 0 aliphatic carbocycles. The van der Waals surface area contributed by atoms with Crippen LogP contribution in [0.4, 0.5) is 11.4 Å². The van der Waals surface area contributed by atoms with Gasteiger partial charge in [0.1, 0.15) is 5.75 Å². The highest BCUT2D eigenvalue weighted by atomic mass is 35.5. The Morgan fingerprint density at radius 3 is 2.22 bits per heavy atom. The molecule has 1 amide bonds. The predicted octanol–water partition coefficient (Wildman–Crippen LogP) is 5.61. The van der Waals surface area contributed by atoms with Crippen LogP contribution in [0.25, 0.3) is 0 Å². The number of carbonyl (C=O) groups excluding carboxylic acids is 1. The summed E-state index contributed by atoms with van der Waals surface area (Å²) < 4.78 is 31.5. The van der Waals surface area contributed by atoms with E-state index < -0.39 is 10.0 Å². The lowest BCUT2D eigenvalue weighted by Gasteiger charge is -2.23. The van der Waals surface area contributed by atoms with Crippen molar-refractivity contribution in [3.05, 3.63) is 87.9 Å². The standard InChI is InChI=1S/C23H22Cl2N2O4S/c1-3-31-19-7-4-6-17(14-19)26-23(28)16-10-12-18(13-11-16)27(32(2,29)30)15-20-21(24)8-5-9-22(20)25/h4-14H,3,15H2,1-2H3,(H,26,28). The molecule has 0 atom stereocenters. The van der Waals surface area contributed by atoms with E-state index in [-0.39, 0.29) is 12.5 Å². The Morgan fingerprint density at radius 1 is 1.00 bits per heavy atom. The first-order chi connectivity index (χ1) is 15.2. The van der Waals surface area contributed by atoms with Gasteiger partial charge in [0.15, 0.2) is 0 Å². The molecule has 3 aromatic carbocycles. The molecule has 1 N–H and O–H groups in total. The molecule has 0 radical (unpaired) electrons. The van der Waals surface area contributed by atoms with Crippen LogP contribution >= 0.6 is 23.2 Å². The molecule has 3 rings (SSSR count). The quantitative estimate of drug-likeness (QED) is 0.443. The zero-order chi connectivity index (χ0) is 23.3.